The number of anilines is 1. The van der Waals surface area contributed by atoms with Gasteiger partial charge in [0.15, 0.2) is 0 Å². The lowest BCUT2D eigenvalue weighted by Crippen LogP contribution is -2.25. The van der Waals surface area contributed by atoms with Gasteiger partial charge in [-0.05, 0) is 24.3 Å². The predicted octanol–water partition coefficient (Wildman–Crippen LogP) is 4.28. The number of nitrogens with one attached hydrogen (secondary N) is 1. The molecular weight excluding hydrogens is 352 g/mol. The van der Waals surface area contributed by atoms with Crippen LogP contribution >= 0.6 is 0 Å². The fraction of sp³-hybridized carbons (Fsp3) is 0.217. The summed E-state index contributed by atoms with van der Waals surface area (Å²) < 4.78 is 12.9. The quantitative estimate of drug-likeness (QED) is 0.505. The van der Waals surface area contributed by atoms with E-state index >= 15 is 0 Å². The minimum Gasteiger partial charge on any atom is -0.497 e. The van der Waals surface area contributed by atoms with Crippen LogP contribution in [0.4, 0.5) is 5.69 Å². The van der Waals surface area contributed by atoms with Crippen molar-refractivity contribution in [1.29, 1.82) is 0 Å². The molecule has 0 saturated heterocycles. The number of hydrogen-bond donors (Lipinski definition) is 2. The average molecular weight is 376 g/mol. The zero-order valence-corrected chi connectivity index (χ0v) is 16.1. The van der Waals surface area contributed by atoms with Crippen LogP contribution < -0.4 is 14.8 Å². The molecule has 2 N–H and O–H groups in total. The van der Waals surface area contributed by atoms with Gasteiger partial charge in [-0.3, -0.25) is 0 Å². The number of rotatable bonds is 7. The van der Waals surface area contributed by atoms with Crippen LogP contribution in [0.25, 0.3) is 21.8 Å². The Balaban J connectivity index is 1.57. The van der Waals surface area contributed by atoms with Crippen LogP contribution in [0.15, 0.2) is 66.7 Å². The molecule has 28 heavy (non-hydrogen) atoms. The number of aliphatic hydroxyl groups excluding tert-OH is 1. The maximum atomic E-state index is 10.7. The molecule has 144 valence electrons. The number of hydrogen-bond acceptors (Lipinski definition) is 4. The highest BCUT2D eigenvalue weighted by Crippen LogP contribution is 2.30. The molecule has 0 radical (unpaired) electrons. The minimum absolute atomic E-state index is 0.393. The first-order chi connectivity index (χ1) is 13.7. The van der Waals surface area contributed by atoms with Crippen LogP contribution in [0.1, 0.15) is 0 Å². The second kappa shape index (κ2) is 7.82. The van der Waals surface area contributed by atoms with Gasteiger partial charge in [0.05, 0.1) is 32.6 Å². The maximum Gasteiger partial charge on any atom is 0.142 e. The second-order valence-electron chi connectivity index (χ2n) is 6.75. The van der Waals surface area contributed by atoms with Crippen LogP contribution in [0, 0.1) is 0 Å². The number of fused-ring (bicyclic) bond motifs is 3. The molecular formula is C23H24N2O3. The summed E-state index contributed by atoms with van der Waals surface area (Å²) in [5.74, 6) is 1.45. The summed E-state index contributed by atoms with van der Waals surface area (Å²) in [6.07, 6.45) is -0.574. The number of nitrogens with zero attached hydrogens (tertiary/aromatic N) is 1. The van der Waals surface area contributed by atoms with Gasteiger partial charge in [0.1, 0.15) is 11.5 Å². The van der Waals surface area contributed by atoms with Gasteiger partial charge in [-0.1, -0.05) is 36.4 Å². The smallest absolute Gasteiger partial charge is 0.142 e. The zero-order valence-electron chi connectivity index (χ0n) is 16.1. The van der Waals surface area contributed by atoms with Gasteiger partial charge in [-0.15, -0.1) is 0 Å². The third kappa shape index (κ3) is 3.37. The summed E-state index contributed by atoms with van der Waals surface area (Å²) >= 11 is 0. The standard InChI is InChI=1S/C23H24N2O3/c1-27-17-11-12-23(28-2)20(13-17)24-14-16(26)15-25-21-9-5-3-7-18(21)19-8-4-6-10-22(19)25/h3-13,16,24,26H,14-15H2,1-2H3. The summed E-state index contributed by atoms with van der Waals surface area (Å²) in [5, 5.41) is 16.4. The Kier molecular flexibility index (Phi) is 5.08. The Morgan fingerprint density at radius 3 is 2.14 bits per heavy atom. The molecule has 0 spiro atoms. The number of benzene rings is 3. The lowest BCUT2D eigenvalue weighted by molar-refractivity contribution is 0.169. The molecule has 1 heterocycles. The summed E-state index contributed by atoms with van der Waals surface area (Å²) in [5.41, 5.74) is 3.05. The van der Waals surface area contributed by atoms with Crippen LogP contribution in [-0.4, -0.2) is 36.5 Å². The van der Waals surface area contributed by atoms with Gasteiger partial charge < -0.3 is 24.5 Å². The van der Waals surface area contributed by atoms with E-state index in [2.05, 4.69) is 34.1 Å². The normalized spacial score (nSPS) is 12.2. The molecule has 4 aromatic rings. The SMILES string of the molecule is COc1ccc(OC)c(NCC(O)Cn2c3ccccc3c3ccccc32)c1. The molecule has 5 heteroatoms. The lowest BCUT2D eigenvalue weighted by atomic mass is 10.2. The molecule has 0 aliphatic heterocycles. The van der Waals surface area contributed by atoms with E-state index in [0.717, 1.165) is 22.5 Å². The summed E-state index contributed by atoms with van der Waals surface area (Å²) in [6.45, 7) is 0.887. The van der Waals surface area contributed by atoms with Gasteiger partial charge in [-0.2, -0.15) is 0 Å². The number of ether oxygens (including phenoxy) is 2. The molecule has 0 aliphatic carbocycles. The monoisotopic (exact) mass is 376 g/mol. The molecule has 0 saturated carbocycles. The number of aliphatic hydroxyl groups is 1. The first kappa shape index (κ1) is 18.2. The lowest BCUT2D eigenvalue weighted by Gasteiger charge is -2.17. The fourth-order valence-corrected chi connectivity index (χ4v) is 3.66. The Morgan fingerprint density at radius 2 is 1.54 bits per heavy atom. The number of aromatic nitrogens is 1. The first-order valence-electron chi connectivity index (χ1n) is 9.31. The summed E-state index contributed by atoms with van der Waals surface area (Å²) in [7, 11) is 3.25. The fourth-order valence-electron chi connectivity index (χ4n) is 3.66. The molecule has 0 amide bonds. The van der Waals surface area contributed by atoms with E-state index in [9.17, 15) is 5.11 Å². The van der Waals surface area contributed by atoms with Crippen molar-refractivity contribution in [2.24, 2.45) is 0 Å². The van der Waals surface area contributed by atoms with Gasteiger partial charge in [0, 0.05) is 34.4 Å². The topological polar surface area (TPSA) is 55.6 Å². The van der Waals surface area contributed by atoms with E-state index in [-0.39, 0.29) is 0 Å². The summed E-state index contributed by atoms with van der Waals surface area (Å²) in [6, 6.07) is 22.2. The van der Waals surface area contributed by atoms with Crippen molar-refractivity contribution in [3.63, 3.8) is 0 Å². The van der Waals surface area contributed by atoms with Gasteiger partial charge in [-0.25, -0.2) is 0 Å². The van der Waals surface area contributed by atoms with Crippen molar-refractivity contribution >= 4 is 27.5 Å². The molecule has 1 aromatic heterocycles. The average Bonchev–Trinajstić information content (AvgIpc) is 3.06. The van der Waals surface area contributed by atoms with Crippen molar-refractivity contribution in [1.82, 2.24) is 4.57 Å². The second-order valence-corrected chi connectivity index (χ2v) is 6.75. The number of para-hydroxylation sites is 2. The van der Waals surface area contributed by atoms with Crippen LogP contribution in [0.2, 0.25) is 0 Å². The van der Waals surface area contributed by atoms with E-state index in [4.69, 9.17) is 9.47 Å². The highest BCUT2D eigenvalue weighted by molar-refractivity contribution is 6.07. The van der Waals surface area contributed by atoms with E-state index in [0.29, 0.717) is 18.8 Å². The molecule has 4 rings (SSSR count). The van der Waals surface area contributed by atoms with Crippen molar-refractivity contribution in [3.05, 3.63) is 66.7 Å². The molecule has 0 fully saturated rings. The molecule has 3 aromatic carbocycles. The molecule has 5 nitrogen and oxygen atoms in total. The Labute approximate surface area is 164 Å². The van der Waals surface area contributed by atoms with Crippen molar-refractivity contribution in [2.75, 3.05) is 26.1 Å². The van der Waals surface area contributed by atoms with Crippen molar-refractivity contribution in [2.45, 2.75) is 12.6 Å². The van der Waals surface area contributed by atoms with Crippen molar-refractivity contribution < 1.29 is 14.6 Å². The van der Waals surface area contributed by atoms with Crippen LogP contribution in [0.5, 0.6) is 11.5 Å². The molecule has 0 aliphatic rings. The highest BCUT2D eigenvalue weighted by atomic mass is 16.5. The largest absolute Gasteiger partial charge is 0.497 e. The Hall–Kier alpha value is -3.18. The van der Waals surface area contributed by atoms with Gasteiger partial charge in [0.25, 0.3) is 0 Å². The summed E-state index contributed by atoms with van der Waals surface area (Å²) in [4.78, 5) is 0. The van der Waals surface area contributed by atoms with E-state index in [1.165, 1.54) is 10.8 Å². The van der Waals surface area contributed by atoms with Crippen LogP contribution in [0.3, 0.4) is 0 Å². The van der Waals surface area contributed by atoms with Gasteiger partial charge >= 0.3 is 0 Å². The van der Waals surface area contributed by atoms with E-state index in [1.807, 2.05) is 42.5 Å². The zero-order chi connectivity index (χ0) is 19.5. The predicted molar refractivity (Wildman–Crippen MR) is 113 cm³/mol. The van der Waals surface area contributed by atoms with E-state index < -0.39 is 6.10 Å². The molecule has 1 atom stereocenters. The third-order valence-corrected chi connectivity index (χ3v) is 5.01. The number of methoxy groups -OCH3 is 2. The Bertz CT molecular complexity index is 1050. The Morgan fingerprint density at radius 1 is 0.893 bits per heavy atom. The van der Waals surface area contributed by atoms with E-state index in [1.54, 1.807) is 14.2 Å². The minimum atomic E-state index is -0.574. The van der Waals surface area contributed by atoms with Crippen LogP contribution in [-0.2, 0) is 6.54 Å². The molecule has 1 unspecified atom stereocenters. The third-order valence-electron chi connectivity index (χ3n) is 5.01. The molecule has 0 bridgehead atoms. The van der Waals surface area contributed by atoms with Gasteiger partial charge in [0.2, 0.25) is 0 Å². The maximum absolute atomic E-state index is 10.7. The highest BCUT2D eigenvalue weighted by Gasteiger charge is 2.14. The first-order valence-corrected chi connectivity index (χ1v) is 9.31. The van der Waals surface area contributed by atoms with Crippen molar-refractivity contribution in [3.8, 4) is 11.5 Å².